The van der Waals surface area contributed by atoms with Crippen LogP contribution >= 0.6 is 0 Å². The van der Waals surface area contributed by atoms with Crippen molar-refractivity contribution in [1.29, 1.82) is 0 Å². The van der Waals surface area contributed by atoms with Gasteiger partial charge in [-0.25, -0.2) is 4.68 Å². The van der Waals surface area contributed by atoms with Gasteiger partial charge in [0, 0.05) is 13.5 Å². The second-order valence-corrected chi connectivity index (χ2v) is 8.17. The molecular weight excluding hydrogens is 412 g/mol. The van der Waals surface area contributed by atoms with Crippen molar-refractivity contribution in [1.82, 2.24) is 40.2 Å². The molecule has 0 bridgehead atoms. The summed E-state index contributed by atoms with van der Waals surface area (Å²) in [5.74, 6) is 0.266. The molecule has 11 nitrogen and oxygen atoms in total. The molecular formula is C21H28N8O3. The summed E-state index contributed by atoms with van der Waals surface area (Å²) in [4.78, 5) is 17.3. The Labute approximate surface area is 185 Å². The predicted octanol–water partition coefficient (Wildman–Crippen LogP) is 2.28. The van der Waals surface area contributed by atoms with Crippen molar-refractivity contribution in [3.8, 4) is 17.1 Å². The highest BCUT2D eigenvalue weighted by atomic mass is 16.5. The summed E-state index contributed by atoms with van der Waals surface area (Å²) in [5.41, 5.74) is 2.14. The lowest BCUT2D eigenvalue weighted by molar-refractivity contribution is -0.143. The lowest BCUT2D eigenvalue weighted by atomic mass is 9.87. The molecule has 0 spiro atoms. The van der Waals surface area contributed by atoms with Crippen molar-refractivity contribution in [2.24, 2.45) is 13.0 Å². The Bertz CT molecular complexity index is 1050. The molecule has 0 aromatic carbocycles. The molecule has 4 rings (SSSR count). The van der Waals surface area contributed by atoms with E-state index in [1.54, 1.807) is 15.7 Å². The molecule has 1 fully saturated rings. The maximum absolute atomic E-state index is 11.3. The number of rotatable bonds is 9. The molecule has 1 aliphatic rings. The van der Waals surface area contributed by atoms with E-state index < -0.39 is 5.97 Å². The zero-order chi connectivity index (χ0) is 22.5. The third kappa shape index (κ3) is 5.09. The number of carboxylic acids is 1. The van der Waals surface area contributed by atoms with Gasteiger partial charge in [0.15, 0.2) is 5.82 Å². The number of carboxylic acid groups (broad SMARTS) is 1. The number of nitrogens with zero attached hydrogens (tertiary/aromatic N) is 8. The summed E-state index contributed by atoms with van der Waals surface area (Å²) in [6.45, 7) is 2.51. The number of hydrogen-bond acceptors (Lipinski definition) is 8. The molecule has 0 aliphatic heterocycles. The maximum Gasteiger partial charge on any atom is 0.306 e. The molecule has 0 saturated heterocycles. The molecule has 1 N–H and O–H groups in total. The van der Waals surface area contributed by atoms with E-state index >= 15 is 0 Å². The average Bonchev–Trinajstić information content (AvgIpc) is 3.40. The van der Waals surface area contributed by atoms with Crippen LogP contribution in [0.1, 0.15) is 57.0 Å². The fraction of sp³-hybridized carbons (Fsp3) is 0.571. The van der Waals surface area contributed by atoms with E-state index in [1.807, 2.05) is 19.2 Å². The molecule has 1 saturated carbocycles. The van der Waals surface area contributed by atoms with E-state index in [2.05, 4.69) is 37.6 Å². The van der Waals surface area contributed by atoms with Crippen LogP contribution in [0.3, 0.4) is 0 Å². The van der Waals surface area contributed by atoms with E-state index in [0.29, 0.717) is 36.5 Å². The standard InChI is InChI=1S/C21H28N8O3/c1-3-4-8-19-23-27-29(25-19)13-18-20(24-26-28(18)2)17-10-9-16(12-22-17)32-15-7-5-6-14(11-15)21(30)31/h9-10,12,14-15H,3-8,11,13H2,1-2H3,(H,30,31)/t14-,15-/m0/s1. The van der Waals surface area contributed by atoms with E-state index in [-0.39, 0.29) is 12.0 Å². The van der Waals surface area contributed by atoms with Gasteiger partial charge in [0.1, 0.15) is 18.0 Å². The molecule has 0 unspecified atom stereocenters. The minimum absolute atomic E-state index is 0.107. The number of aromatic nitrogens is 8. The van der Waals surface area contributed by atoms with E-state index in [1.165, 1.54) is 0 Å². The number of tetrazole rings is 1. The van der Waals surface area contributed by atoms with Gasteiger partial charge < -0.3 is 9.84 Å². The maximum atomic E-state index is 11.3. The van der Waals surface area contributed by atoms with Crippen LogP contribution in [0.2, 0.25) is 0 Å². The van der Waals surface area contributed by atoms with Crippen LogP contribution in [0.25, 0.3) is 11.4 Å². The number of unbranched alkanes of at least 4 members (excludes halogenated alkanes) is 1. The first kappa shape index (κ1) is 21.8. The number of aryl methyl sites for hydroxylation is 2. The first-order chi connectivity index (χ1) is 15.5. The zero-order valence-corrected chi connectivity index (χ0v) is 18.4. The quantitative estimate of drug-likeness (QED) is 0.532. The van der Waals surface area contributed by atoms with Crippen LogP contribution in [-0.4, -0.2) is 57.4 Å². The summed E-state index contributed by atoms with van der Waals surface area (Å²) in [6.07, 6.45) is 7.40. The molecule has 3 aromatic heterocycles. The molecule has 2 atom stereocenters. The van der Waals surface area contributed by atoms with E-state index in [9.17, 15) is 9.90 Å². The van der Waals surface area contributed by atoms with Crippen LogP contribution in [0, 0.1) is 5.92 Å². The van der Waals surface area contributed by atoms with Gasteiger partial charge in [-0.3, -0.25) is 9.78 Å². The van der Waals surface area contributed by atoms with Crippen molar-refractivity contribution in [3.05, 3.63) is 29.8 Å². The van der Waals surface area contributed by atoms with Crippen LogP contribution in [0.4, 0.5) is 0 Å². The van der Waals surface area contributed by atoms with Gasteiger partial charge in [-0.2, -0.15) is 4.80 Å². The largest absolute Gasteiger partial charge is 0.489 e. The minimum Gasteiger partial charge on any atom is -0.489 e. The lowest BCUT2D eigenvalue weighted by Gasteiger charge is -2.27. The Hall–Kier alpha value is -3.37. The molecule has 0 radical (unpaired) electrons. The van der Waals surface area contributed by atoms with E-state index in [0.717, 1.165) is 43.6 Å². The van der Waals surface area contributed by atoms with Gasteiger partial charge in [-0.05, 0) is 49.5 Å². The molecule has 3 aromatic rings. The third-order valence-corrected chi connectivity index (χ3v) is 5.74. The highest BCUT2D eigenvalue weighted by Gasteiger charge is 2.28. The van der Waals surface area contributed by atoms with Gasteiger partial charge in [-0.1, -0.05) is 18.6 Å². The summed E-state index contributed by atoms with van der Waals surface area (Å²) in [6, 6.07) is 3.67. The SMILES string of the molecule is CCCCc1nnn(Cc2c(-c3ccc(O[C@H]4CCC[C@H](C(=O)O)C4)cn3)nnn2C)n1. The molecule has 32 heavy (non-hydrogen) atoms. The van der Waals surface area contributed by atoms with Crippen molar-refractivity contribution in [2.75, 3.05) is 0 Å². The fourth-order valence-electron chi connectivity index (χ4n) is 3.92. The predicted molar refractivity (Wildman–Crippen MR) is 114 cm³/mol. The number of pyridine rings is 1. The van der Waals surface area contributed by atoms with Crippen LogP contribution in [0.5, 0.6) is 5.75 Å². The summed E-state index contributed by atoms with van der Waals surface area (Å²) < 4.78 is 7.68. The molecule has 170 valence electrons. The Morgan fingerprint density at radius 3 is 2.88 bits per heavy atom. The van der Waals surface area contributed by atoms with Crippen LogP contribution in [0.15, 0.2) is 18.3 Å². The lowest BCUT2D eigenvalue weighted by Crippen LogP contribution is -2.29. The number of ether oxygens (including phenoxy) is 1. The molecule has 11 heteroatoms. The van der Waals surface area contributed by atoms with Gasteiger partial charge in [0.05, 0.1) is 29.6 Å². The monoisotopic (exact) mass is 440 g/mol. The number of carbonyl (C=O) groups is 1. The second kappa shape index (κ2) is 9.84. The first-order valence-corrected chi connectivity index (χ1v) is 11.0. The van der Waals surface area contributed by atoms with Crippen molar-refractivity contribution >= 4 is 5.97 Å². The Morgan fingerprint density at radius 1 is 1.25 bits per heavy atom. The highest BCUT2D eigenvalue weighted by Crippen LogP contribution is 2.28. The Kier molecular flexibility index (Phi) is 6.72. The second-order valence-electron chi connectivity index (χ2n) is 8.17. The normalized spacial score (nSPS) is 18.6. The van der Waals surface area contributed by atoms with Gasteiger partial charge in [0.2, 0.25) is 0 Å². The van der Waals surface area contributed by atoms with Crippen LogP contribution < -0.4 is 4.74 Å². The number of hydrogen-bond donors (Lipinski definition) is 1. The fourth-order valence-corrected chi connectivity index (χ4v) is 3.92. The average molecular weight is 441 g/mol. The third-order valence-electron chi connectivity index (χ3n) is 5.74. The van der Waals surface area contributed by atoms with Crippen molar-refractivity contribution < 1.29 is 14.6 Å². The topological polar surface area (TPSA) is 134 Å². The zero-order valence-electron chi connectivity index (χ0n) is 18.4. The Morgan fingerprint density at radius 2 is 2.12 bits per heavy atom. The highest BCUT2D eigenvalue weighted by molar-refractivity contribution is 5.70. The Balaban J connectivity index is 1.44. The van der Waals surface area contributed by atoms with E-state index in [4.69, 9.17) is 4.74 Å². The smallest absolute Gasteiger partial charge is 0.306 e. The van der Waals surface area contributed by atoms with Crippen molar-refractivity contribution in [2.45, 2.75) is 64.5 Å². The molecule has 0 amide bonds. The van der Waals surface area contributed by atoms with Gasteiger partial charge in [-0.15, -0.1) is 15.3 Å². The minimum atomic E-state index is -0.749. The number of aliphatic carboxylic acids is 1. The first-order valence-electron chi connectivity index (χ1n) is 11.0. The van der Waals surface area contributed by atoms with Crippen molar-refractivity contribution in [3.63, 3.8) is 0 Å². The molecule has 1 aliphatic carbocycles. The van der Waals surface area contributed by atoms with Gasteiger partial charge >= 0.3 is 5.97 Å². The van der Waals surface area contributed by atoms with Gasteiger partial charge in [0.25, 0.3) is 0 Å². The van der Waals surface area contributed by atoms with Crippen LogP contribution in [-0.2, 0) is 24.8 Å². The summed E-state index contributed by atoms with van der Waals surface area (Å²) in [7, 11) is 1.82. The summed E-state index contributed by atoms with van der Waals surface area (Å²) in [5, 5.41) is 30.4. The summed E-state index contributed by atoms with van der Waals surface area (Å²) >= 11 is 0. The molecule has 3 heterocycles.